The summed E-state index contributed by atoms with van der Waals surface area (Å²) in [6, 6.07) is 6.48. The molecule has 0 radical (unpaired) electrons. The van der Waals surface area contributed by atoms with Gasteiger partial charge in [0.25, 0.3) is 11.8 Å². The Kier molecular flexibility index (Phi) is 6.74. The van der Waals surface area contributed by atoms with Crippen LogP contribution < -0.4 is 10.6 Å². The smallest absolute Gasteiger partial charge is 0.327 e. The quantitative estimate of drug-likeness (QED) is 0.378. The molecule has 0 aromatic heterocycles. The predicted octanol–water partition coefficient (Wildman–Crippen LogP) is 0.456. The Morgan fingerprint density at radius 1 is 1.25 bits per heavy atom. The molecule has 0 saturated carbocycles. The number of aryl methyl sites for hydroxylation is 1. The first kappa shape index (κ1) is 21.4. The monoisotopic (exact) mass is 391 g/mol. The molecule has 0 bridgehead atoms. The fourth-order valence-electron chi connectivity index (χ4n) is 2.76. The highest BCUT2D eigenvalue weighted by molar-refractivity contribution is 6.08. The number of carbonyl (C=O) groups is 4. The molecule has 1 fully saturated rings. The van der Waals surface area contributed by atoms with Gasteiger partial charge in [-0.15, -0.1) is 0 Å². The number of methoxy groups -OCH3 is 1. The van der Waals surface area contributed by atoms with Crippen molar-refractivity contribution < 1.29 is 28.7 Å². The third kappa shape index (κ3) is 4.66. The van der Waals surface area contributed by atoms with Crippen LogP contribution in [0.4, 0.5) is 4.79 Å². The molecular formula is C19H25N3O6. The van der Waals surface area contributed by atoms with Gasteiger partial charge in [-0.05, 0) is 26.3 Å². The van der Waals surface area contributed by atoms with Gasteiger partial charge in [0.15, 0.2) is 6.10 Å². The van der Waals surface area contributed by atoms with Gasteiger partial charge in [0.1, 0.15) is 12.1 Å². The standard InChI is InChI=1S/C19H25N3O6/c1-12-5-7-14(8-6-12)19(3)17(25)22(18(26)21-19)11-15(23)28-13(2)16(24)20-9-10-27-4/h5-8,13H,9-11H2,1-4H3,(H,20,24)(H,21,26)/t13-,19+/m0/s1. The van der Waals surface area contributed by atoms with Crippen LogP contribution in [-0.4, -0.2) is 61.6 Å². The second kappa shape index (κ2) is 8.83. The molecule has 9 heteroatoms. The van der Waals surface area contributed by atoms with Crippen molar-refractivity contribution in [2.45, 2.75) is 32.4 Å². The zero-order valence-electron chi connectivity index (χ0n) is 16.4. The number of esters is 1. The van der Waals surface area contributed by atoms with E-state index < -0.39 is 42.0 Å². The van der Waals surface area contributed by atoms with Gasteiger partial charge >= 0.3 is 12.0 Å². The molecule has 1 saturated heterocycles. The molecule has 1 aliphatic heterocycles. The Morgan fingerprint density at radius 3 is 2.50 bits per heavy atom. The van der Waals surface area contributed by atoms with Gasteiger partial charge in [0, 0.05) is 13.7 Å². The van der Waals surface area contributed by atoms with Gasteiger partial charge in [-0.25, -0.2) is 4.79 Å². The molecule has 2 rings (SSSR count). The molecule has 0 aliphatic carbocycles. The number of rotatable bonds is 8. The summed E-state index contributed by atoms with van der Waals surface area (Å²) >= 11 is 0. The molecular weight excluding hydrogens is 366 g/mol. The maximum absolute atomic E-state index is 12.8. The molecule has 9 nitrogen and oxygen atoms in total. The summed E-state index contributed by atoms with van der Waals surface area (Å²) in [4.78, 5) is 49.8. The third-order valence-electron chi connectivity index (χ3n) is 4.47. The van der Waals surface area contributed by atoms with E-state index in [0.29, 0.717) is 12.2 Å². The Balaban J connectivity index is 1.99. The van der Waals surface area contributed by atoms with Crippen molar-refractivity contribution in [3.63, 3.8) is 0 Å². The second-order valence-electron chi connectivity index (χ2n) is 6.73. The molecule has 0 spiro atoms. The number of nitrogens with one attached hydrogen (secondary N) is 2. The fourth-order valence-corrected chi connectivity index (χ4v) is 2.76. The molecule has 1 aliphatic rings. The number of hydrogen-bond donors (Lipinski definition) is 2. The minimum atomic E-state index is -1.27. The summed E-state index contributed by atoms with van der Waals surface area (Å²) < 4.78 is 9.84. The van der Waals surface area contributed by atoms with Crippen LogP contribution >= 0.6 is 0 Å². The molecule has 152 valence electrons. The van der Waals surface area contributed by atoms with Crippen LogP contribution in [0.2, 0.25) is 0 Å². The molecule has 4 amide bonds. The van der Waals surface area contributed by atoms with Crippen molar-refractivity contribution in [1.82, 2.24) is 15.5 Å². The van der Waals surface area contributed by atoms with E-state index >= 15 is 0 Å². The van der Waals surface area contributed by atoms with Crippen LogP contribution in [0.25, 0.3) is 0 Å². The Morgan fingerprint density at radius 2 is 1.89 bits per heavy atom. The number of hydrogen-bond acceptors (Lipinski definition) is 6. The Hall–Kier alpha value is -2.94. The average molecular weight is 391 g/mol. The second-order valence-corrected chi connectivity index (χ2v) is 6.73. The molecule has 1 aromatic rings. The molecule has 1 aromatic carbocycles. The number of urea groups is 1. The maximum Gasteiger partial charge on any atom is 0.327 e. The Bertz CT molecular complexity index is 763. The van der Waals surface area contributed by atoms with Gasteiger partial charge in [0.05, 0.1) is 6.61 Å². The summed E-state index contributed by atoms with van der Waals surface area (Å²) in [5, 5.41) is 5.16. The van der Waals surface area contributed by atoms with Crippen LogP contribution in [0.1, 0.15) is 25.0 Å². The van der Waals surface area contributed by atoms with Crippen LogP contribution in [0.3, 0.4) is 0 Å². The highest BCUT2D eigenvalue weighted by Crippen LogP contribution is 2.28. The number of imide groups is 1. The van der Waals surface area contributed by atoms with E-state index in [1.165, 1.54) is 14.0 Å². The fraction of sp³-hybridized carbons (Fsp3) is 0.474. The predicted molar refractivity (Wildman–Crippen MR) is 99.2 cm³/mol. The summed E-state index contributed by atoms with van der Waals surface area (Å²) in [5.74, 6) is -1.91. The lowest BCUT2D eigenvalue weighted by Gasteiger charge is -2.22. The molecule has 2 N–H and O–H groups in total. The van der Waals surface area contributed by atoms with E-state index in [2.05, 4.69) is 10.6 Å². The highest BCUT2D eigenvalue weighted by atomic mass is 16.5. The first-order valence-electron chi connectivity index (χ1n) is 8.86. The first-order chi connectivity index (χ1) is 13.2. The molecule has 0 unspecified atom stereocenters. The summed E-state index contributed by atoms with van der Waals surface area (Å²) in [5.41, 5.74) is 0.356. The third-order valence-corrected chi connectivity index (χ3v) is 4.47. The Labute approximate surface area is 163 Å². The summed E-state index contributed by atoms with van der Waals surface area (Å²) in [7, 11) is 1.50. The molecule has 2 atom stereocenters. The van der Waals surface area contributed by atoms with Gasteiger partial charge in [-0.2, -0.15) is 0 Å². The zero-order chi connectivity index (χ0) is 20.9. The maximum atomic E-state index is 12.8. The number of carbonyl (C=O) groups excluding carboxylic acids is 4. The number of ether oxygens (including phenoxy) is 2. The van der Waals surface area contributed by atoms with Crippen molar-refractivity contribution in [1.29, 1.82) is 0 Å². The van der Waals surface area contributed by atoms with Crippen LogP contribution in [0.5, 0.6) is 0 Å². The van der Waals surface area contributed by atoms with Crippen molar-refractivity contribution in [3.05, 3.63) is 35.4 Å². The van der Waals surface area contributed by atoms with E-state index in [9.17, 15) is 19.2 Å². The van der Waals surface area contributed by atoms with Gasteiger partial charge < -0.3 is 20.1 Å². The first-order valence-corrected chi connectivity index (χ1v) is 8.86. The molecule has 28 heavy (non-hydrogen) atoms. The van der Waals surface area contributed by atoms with Crippen molar-refractivity contribution in [2.24, 2.45) is 0 Å². The highest BCUT2D eigenvalue weighted by Gasteiger charge is 2.49. The van der Waals surface area contributed by atoms with Gasteiger partial charge in [-0.3, -0.25) is 19.3 Å². The summed E-state index contributed by atoms with van der Waals surface area (Å²) in [6.45, 7) is 4.92. The lowest BCUT2D eigenvalue weighted by molar-refractivity contribution is -0.156. The lowest BCUT2D eigenvalue weighted by Crippen LogP contribution is -2.43. The number of amides is 4. The summed E-state index contributed by atoms with van der Waals surface area (Å²) in [6.07, 6.45) is -1.06. The van der Waals surface area contributed by atoms with E-state index in [0.717, 1.165) is 10.5 Å². The largest absolute Gasteiger partial charge is 0.451 e. The number of nitrogens with zero attached hydrogens (tertiary/aromatic N) is 1. The SMILES string of the molecule is COCCNC(=O)[C@H](C)OC(=O)CN1C(=O)N[C@](C)(c2ccc(C)cc2)C1=O. The van der Waals surface area contributed by atoms with E-state index in [4.69, 9.17) is 9.47 Å². The van der Waals surface area contributed by atoms with Crippen molar-refractivity contribution in [2.75, 3.05) is 26.8 Å². The van der Waals surface area contributed by atoms with Crippen LogP contribution in [0, 0.1) is 6.92 Å². The van der Waals surface area contributed by atoms with Gasteiger partial charge in [-0.1, -0.05) is 29.8 Å². The van der Waals surface area contributed by atoms with Crippen molar-refractivity contribution >= 4 is 23.8 Å². The molecule has 1 heterocycles. The number of benzene rings is 1. The minimum Gasteiger partial charge on any atom is -0.451 e. The minimum absolute atomic E-state index is 0.277. The van der Waals surface area contributed by atoms with Crippen LogP contribution in [-0.2, 0) is 29.4 Å². The van der Waals surface area contributed by atoms with Crippen LogP contribution in [0.15, 0.2) is 24.3 Å². The topological polar surface area (TPSA) is 114 Å². The van der Waals surface area contributed by atoms with E-state index in [1.54, 1.807) is 19.1 Å². The normalized spacial score (nSPS) is 19.9. The van der Waals surface area contributed by atoms with E-state index in [1.807, 2.05) is 19.1 Å². The zero-order valence-corrected chi connectivity index (χ0v) is 16.4. The van der Waals surface area contributed by atoms with Gasteiger partial charge in [0.2, 0.25) is 0 Å². The van der Waals surface area contributed by atoms with Crippen molar-refractivity contribution in [3.8, 4) is 0 Å². The van der Waals surface area contributed by atoms with E-state index in [-0.39, 0.29) is 6.54 Å². The lowest BCUT2D eigenvalue weighted by atomic mass is 9.91. The average Bonchev–Trinajstić information content (AvgIpc) is 2.86.